The number of fused-ring (bicyclic) bond motifs is 3. The molecule has 0 unspecified atom stereocenters. The van der Waals surface area contributed by atoms with Gasteiger partial charge in [-0.25, -0.2) is 0 Å². The molecule has 0 bridgehead atoms. The Hall–Kier alpha value is -7.22. The standard InChI is InChI=1S/C57H43N/c1-57(2)54-38-48(46-28-26-45(27-29-46)44-24-22-42(23-25-44)40-14-6-3-7-15-40)34-36-52(54)53-37-35-50(39-55(53)57)58(49-18-10-5-11-19-49)56-21-13-12-20-51(56)47-32-30-43(31-33-47)41-16-8-4-9-17-41/h3-39H,1-2H3. The summed E-state index contributed by atoms with van der Waals surface area (Å²) in [6.45, 7) is 4.76. The molecule has 0 aromatic heterocycles. The summed E-state index contributed by atoms with van der Waals surface area (Å²) >= 11 is 0. The first-order valence-corrected chi connectivity index (χ1v) is 20.2. The van der Waals surface area contributed by atoms with E-state index in [1.807, 2.05) is 0 Å². The van der Waals surface area contributed by atoms with E-state index in [4.69, 9.17) is 0 Å². The number of anilines is 3. The maximum Gasteiger partial charge on any atom is 0.0540 e. The van der Waals surface area contributed by atoms with Crippen molar-refractivity contribution in [1.29, 1.82) is 0 Å². The van der Waals surface area contributed by atoms with Gasteiger partial charge in [-0.1, -0.05) is 202 Å². The van der Waals surface area contributed by atoms with Crippen molar-refractivity contribution in [3.8, 4) is 66.8 Å². The van der Waals surface area contributed by atoms with Gasteiger partial charge in [0.05, 0.1) is 5.69 Å². The largest absolute Gasteiger partial charge is 0.310 e. The molecule has 1 nitrogen and oxygen atoms in total. The van der Waals surface area contributed by atoms with Crippen molar-refractivity contribution in [1.82, 2.24) is 0 Å². The zero-order chi connectivity index (χ0) is 39.1. The Morgan fingerprint density at radius 1 is 0.276 bits per heavy atom. The third-order valence-electron chi connectivity index (χ3n) is 11.9. The van der Waals surface area contributed by atoms with Crippen LogP contribution in [-0.2, 0) is 5.41 Å². The molecule has 1 aliphatic rings. The molecule has 1 heteroatoms. The van der Waals surface area contributed by atoms with Crippen LogP contribution in [0.25, 0.3) is 66.8 Å². The minimum absolute atomic E-state index is 0.188. The minimum Gasteiger partial charge on any atom is -0.310 e. The summed E-state index contributed by atoms with van der Waals surface area (Å²) < 4.78 is 0. The molecule has 1 aliphatic carbocycles. The third kappa shape index (κ3) is 6.41. The van der Waals surface area contributed by atoms with Crippen LogP contribution in [0, 0.1) is 0 Å². The summed E-state index contributed by atoms with van der Waals surface area (Å²) in [5.74, 6) is 0. The highest BCUT2D eigenvalue weighted by atomic mass is 15.1. The Morgan fingerprint density at radius 3 is 1.19 bits per heavy atom. The van der Waals surface area contributed by atoms with Crippen LogP contribution < -0.4 is 4.90 Å². The van der Waals surface area contributed by atoms with Gasteiger partial charge >= 0.3 is 0 Å². The molecule has 0 saturated carbocycles. The lowest BCUT2D eigenvalue weighted by atomic mass is 9.81. The second-order valence-corrected chi connectivity index (χ2v) is 15.8. The molecule has 0 N–H and O–H groups in total. The molecule has 0 aliphatic heterocycles. The number of hydrogen-bond acceptors (Lipinski definition) is 1. The van der Waals surface area contributed by atoms with Crippen LogP contribution in [0.5, 0.6) is 0 Å². The zero-order valence-corrected chi connectivity index (χ0v) is 32.8. The van der Waals surface area contributed by atoms with E-state index < -0.39 is 0 Å². The van der Waals surface area contributed by atoms with E-state index in [9.17, 15) is 0 Å². The van der Waals surface area contributed by atoms with Crippen LogP contribution in [0.4, 0.5) is 17.1 Å². The van der Waals surface area contributed by atoms with Gasteiger partial charge in [0, 0.05) is 22.4 Å². The highest BCUT2D eigenvalue weighted by Gasteiger charge is 2.36. The van der Waals surface area contributed by atoms with Gasteiger partial charge in [-0.2, -0.15) is 0 Å². The number of rotatable bonds is 8. The number of para-hydroxylation sites is 2. The van der Waals surface area contributed by atoms with Gasteiger partial charge < -0.3 is 4.90 Å². The van der Waals surface area contributed by atoms with Gasteiger partial charge in [-0.3, -0.25) is 0 Å². The summed E-state index contributed by atoms with van der Waals surface area (Å²) in [7, 11) is 0. The predicted octanol–water partition coefficient (Wildman–Crippen LogP) is 15.8. The normalized spacial score (nSPS) is 12.4. The third-order valence-corrected chi connectivity index (χ3v) is 11.9. The average molecular weight is 742 g/mol. The van der Waals surface area contributed by atoms with Crippen LogP contribution in [0.3, 0.4) is 0 Å². The maximum absolute atomic E-state index is 2.43. The van der Waals surface area contributed by atoms with Crippen molar-refractivity contribution >= 4 is 17.1 Å². The zero-order valence-electron chi connectivity index (χ0n) is 32.8. The monoisotopic (exact) mass is 741 g/mol. The average Bonchev–Trinajstić information content (AvgIpc) is 3.52. The van der Waals surface area contributed by atoms with Gasteiger partial charge in [0.25, 0.3) is 0 Å². The summed E-state index contributed by atoms with van der Waals surface area (Å²) in [5.41, 5.74) is 20.8. The number of nitrogens with zero attached hydrogens (tertiary/aromatic N) is 1. The molecule has 0 heterocycles. The Kier molecular flexibility index (Phi) is 8.92. The predicted molar refractivity (Wildman–Crippen MR) is 246 cm³/mol. The highest BCUT2D eigenvalue weighted by Crippen LogP contribution is 2.52. The molecule has 0 saturated heterocycles. The lowest BCUT2D eigenvalue weighted by Gasteiger charge is -2.29. The van der Waals surface area contributed by atoms with Crippen LogP contribution in [0.2, 0.25) is 0 Å². The second kappa shape index (κ2) is 14.7. The van der Waals surface area contributed by atoms with E-state index in [2.05, 4.69) is 243 Å². The van der Waals surface area contributed by atoms with Gasteiger partial charge in [0.15, 0.2) is 0 Å². The fourth-order valence-electron chi connectivity index (χ4n) is 8.77. The number of benzene rings is 9. The van der Waals surface area contributed by atoms with Crippen LogP contribution in [-0.4, -0.2) is 0 Å². The van der Waals surface area contributed by atoms with Crippen LogP contribution in [0.15, 0.2) is 224 Å². The van der Waals surface area contributed by atoms with E-state index in [0.29, 0.717) is 0 Å². The summed E-state index contributed by atoms with van der Waals surface area (Å²) in [4.78, 5) is 2.42. The molecule has 0 spiro atoms. The Bertz CT molecular complexity index is 2850. The SMILES string of the molecule is CC1(C)c2cc(-c3ccc(-c4ccc(-c5ccccc5)cc4)cc3)ccc2-c2ccc(N(c3ccccc3)c3ccccc3-c3ccc(-c4ccccc4)cc3)cc21. The van der Waals surface area contributed by atoms with Crippen molar-refractivity contribution in [3.05, 3.63) is 236 Å². The van der Waals surface area contributed by atoms with E-state index in [1.165, 1.54) is 77.9 Å². The first-order chi connectivity index (χ1) is 28.5. The first-order valence-electron chi connectivity index (χ1n) is 20.2. The highest BCUT2D eigenvalue weighted by molar-refractivity contribution is 5.91. The quantitative estimate of drug-likeness (QED) is 0.150. The molecule has 0 atom stereocenters. The molecular weight excluding hydrogens is 699 g/mol. The molecule has 0 fully saturated rings. The summed E-state index contributed by atoms with van der Waals surface area (Å²) in [6, 6.07) is 81.7. The molecule has 0 radical (unpaired) electrons. The number of hydrogen-bond donors (Lipinski definition) is 0. The molecule has 0 amide bonds. The van der Waals surface area contributed by atoms with Gasteiger partial charge in [0.2, 0.25) is 0 Å². The maximum atomic E-state index is 2.43. The van der Waals surface area contributed by atoms with Crippen molar-refractivity contribution in [2.24, 2.45) is 0 Å². The van der Waals surface area contributed by atoms with Gasteiger partial charge in [-0.05, 0) is 109 Å². The lowest BCUT2D eigenvalue weighted by molar-refractivity contribution is 0.660. The van der Waals surface area contributed by atoms with Crippen molar-refractivity contribution in [2.45, 2.75) is 19.3 Å². The van der Waals surface area contributed by atoms with Gasteiger partial charge in [-0.15, -0.1) is 0 Å². The van der Waals surface area contributed by atoms with E-state index in [1.54, 1.807) is 0 Å². The second-order valence-electron chi connectivity index (χ2n) is 15.8. The Morgan fingerprint density at radius 2 is 0.655 bits per heavy atom. The van der Waals surface area contributed by atoms with Crippen molar-refractivity contribution in [2.75, 3.05) is 4.90 Å². The van der Waals surface area contributed by atoms with Crippen molar-refractivity contribution < 1.29 is 0 Å². The fraction of sp³-hybridized carbons (Fsp3) is 0.0526. The fourth-order valence-corrected chi connectivity index (χ4v) is 8.77. The van der Waals surface area contributed by atoms with E-state index in [0.717, 1.165) is 17.1 Å². The van der Waals surface area contributed by atoms with E-state index >= 15 is 0 Å². The molecule has 276 valence electrons. The lowest BCUT2D eigenvalue weighted by Crippen LogP contribution is -2.17. The minimum atomic E-state index is -0.188. The first kappa shape index (κ1) is 35.2. The molecular formula is C57H43N. The van der Waals surface area contributed by atoms with Gasteiger partial charge in [0.1, 0.15) is 0 Å². The summed E-state index contributed by atoms with van der Waals surface area (Å²) in [5, 5.41) is 0. The topological polar surface area (TPSA) is 3.24 Å². The van der Waals surface area contributed by atoms with E-state index in [-0.39, 0.29) is 5.41 Å². The van der Waals surface area contributed by atoms with Crippen LogP contribution in [0.1, 0.15) is 25.0 Å². The Labute approximate surface area is 342 Å². The molecule has 9 aromatic rings. The summed E-state index contributed by atoms with van der Waals surface area (Å²) in [6.07, 6.45) is 0. The Balaban J connectivity index is 0.972. The van der Waals surface area contributed by atoms with Crippen LogP contribution >= 0.6 is 0 Å². The van der Waals surface area contributed by atoms with Crippen molar-refractivity contribution in [3.63, 3.8) is 0 Å². The molecule has 58 heavy (non-hydrogen) atoms. The molecule has 10 rings (SSSR count). The smallest absolute Gasteiger partial charge is 0.0540 e. The molecule has 9 aromatic carbocycles.